The first-order chi connectivity index (χ1) is 13.8. The number of allylic oxidation sites excluding steroid dienone is 3. The van der Waals surface area contributed by atoms with E-state index in [0.29, 0.717) is 18.1 Å². The second-order valence-electron chi connectivity index (χ2n) is 6.98. The molecule has 1 aliphatic carbocycles. The van der Waals surface area contributed by atoms with Crippen LogP contribution in [0.3, 0.4) is 0 Å². The Morgan fingerprint density at radius 3 is 2.82 bits per heavy atom. The molecule has 0 amide bonds. The highest BCUT2D eigenvalue weighted by Crippen LogP contribution is 2.24. The molecule has 0 unspecified atom stereocenters. The van der Waals surface area contributed by atoms with Gasteiger partial charge in [0.1, 0.15) is 18.5 Å². The Morgan fingerprint density at radius 2 is 2.07 bits per heavy atom. The number of nitrogens with zero attached hydrogens (tertiary/aromatic N) is 5. The Hall–Kier alpha value is -3.59. The number of ether oxygens (including phenoxy) is 1. The third kappa shape index (κ3) is 3.01. The summed E-state index contributed by atoms with van der Waals surface area (Å²) in [5.41, 5.74) is 5.11. The zero-order valence-corrected chi connectivity index (χ0v) is 15.4. The van der Waals surface area contributed by atoms with Gasteiger partial charge in [-0.2, -0.15) is 5.26 Å². The maximum Gasteiger partial charge on any atom is 0.213 e. The van der Waals surface area contributed by atoms with E-state index in [1.54, 1.807) is 12.1 Å². The van der Waals surface area contributed by atoms with Gasteiger partial charge < -0.3 is 14.2 Å². The van der Waals surface area contributed by atoms with Gasteiger partial charge in [0.25, 0.3) is 0 Å². The highest BCUT2D eigenvalue weighted by molar-refractivity contribution is 5.77. The van der Waals surface area contributed by atoms with Crippen LogP contribution in [0.4, 0.5) is 0 Å². The quantitative estimate of drug-likeness (QED) is 0.707. The molecule has 0 atom stereocenters. The second-order valence-corrected chi connectivity index (χ2v) is 6.98. The van der Waals surface area contributed by atoms with Crippen molar-refractivity contribution >= 4 is 11.0 Å². The van der Waals surface area contributed by atoms with Crippen LogP contribution in [0, 0.1) is 11.3 Å². The molecule has 138 valence electrons. The lowest BCUT2D eigenvalue weighted by Gasteiger charge is -2.25. The molecule has 3 heterocycles. The summed E-state index contributed by atoms with van der Waals surface area (Å²) in [6, 6.07) is 11.8. The van der Waals surface area contributed by atoms with Crippen molar-refractivity contribution in [2.75, 3.05) is 13.1 Å². The molecule has 1 aromatic carbocycles. The lowest BCUT2D eigenvalue weighted by molar-refractivity contribution is 0.294. The van der Waals surface area contributed by atoms with E-state index in [2.05, 4.69) is 56.9 Å². The van der Waals surface area contributed by atoms with Crippen molar-refractivity contribution in [2.24, 2.45) is 0 Å². The van der Waals surface area contributed by atoms with Crippen molar-refractivity contribution in [3.05, 3.63) is 77.4 Å². The van der Waals surface area contributed by atoms with E-state index in [9.17, 15) is 0 Å². The molecule has 0 fully saturated rings. The first-order valence-corrected chi connectivity index (χ1v) is 9.40. The van der Waals surface area contributed by atoms with Crippen molar-refractivity contribution in [1.29, 1.82) is 5.26 Å². The smallest absolute Gasteiger partial charge is 0.213 e. The van der Waals surface area contributed by atoms with Gasteiger partial charge in [0.05, 0.1) is 16.6 Å². The molecule has 6 nitrogen and oxygen atoms in total. The molecule has 0 N–H and O–H groups in total. The molecule has 28 heavy (non-hydrogen) atoms. The van der Waals surface area contributed by atoms with E-state index >= 15 is 0 Å². The van der Waals surface area contributed by atoms with Crippen LogP contribution in [0.15, 0.2) is 60.5 Å². The normalized spacial score (nSPS) is 15.4. The fraction of sp³-hybridized carbons (Fsp3) is 0.227. The molecule has 6 heteroatoms. The second kappa shape index (κ2) is 6.86. The average molecular weight is 369 g/mol. The highest BCUT2D eigenvalue weighted by Gasteiger charge is 2.19. The van der Waals surface area contributed by atoms with E-state index in [1.807, 2.05) is 0 Å². The number of imidazole rings is 1. The predicted octanol–water partition coefficient (Wildman–Crippen LogP) is 3.19. The standard InChI is InChI=1S/C22H19N5O/c23-13-17-5-7-22(24-14-17)28-15-16-4-6-19-20(12-16)27-11-10-26(18-2-1-3-18)9-8-21(27)25-19/h1-7,12,14H,8-11,15H2. The van der Waals surface area contributed by atoms with E-state index in [0.717, 1.165) is 48.5 Å². The molecule has 0 bridgehead atoms. The third-order valence-electron chi connectivity index (χ3n) is 5.24. The van der Waals surface area contributed by atoms with Crippen LogP contribution in [0.1, 0.15) is 17.0 Å². The van der Waals surface area contributed by atoms with Gasteiger partial charge in [-0.1, -0.05) is 12.1 Å². The van der Waals surface area contributed by atoms with Crippen LogP contribution in [0.25, 0.3) is 11.0 Å². The van der Waals surface area contributed by atoms with Crippen molar-refractivity contribution in [3.8, 4) is 11.9 Å². The minimum absolute atomic E-state index is 0.430. The Balaban J connectivity index is 1.34. The summed E-state index contributed by atoms with van der Waals surface area (Å²) in [6.45, 7) is 3.35. The number of nitriles is 1. The number of benzene rings is 1. The van der Waals surface area contributed by atoms with Crippen molar-refractivity contribution in [2.45, 2.75) is 19.6 Å². The zero-order chi connectivity index (χ0) is 18.9. The zero-order valence-electron chi connectivity index (χ0n) is 15.4. The van der Waals surface area contributed by atoms with Gasteiger partial charge in [-0.3, -0.25) is 0 Å². The predicted molar refractivity (Wildman–Crippen MR) is 106 cm³/mol. The number of hydrogen-bond acceptors (Lipinski definition) is 5. The van der Waals surface area contributed by atoms with E-state index in [-0.39, 0.29) is 0 Å². The van der Waals surface area contributed by atoms with Crippen LogP contribution >= 0.6 is 0 Å². The molecule has 5 rings (SSSR count). The Kier molecular flexibility index (Phi) is 4.06. The Bertz CT molecular complexity index is 1130. The molecule has 0 saturated heterocycles. The lowest BCUT2D eigenvalue weighted by atomic mass is 10.2. The Morgan fingerprint density at radius 1 is 1.14 bits per heavy atom. The fourth-order valence-electron chi connectivity index (χ4n) is 3.66. The molecular formula is C22H19N5O. The lowest BCUT2D eigenvalue weighted by Crippen LogP contribution is -2.26. The maximum atomic E-state index is 8.85. The summed E-state index contributed by atoms with van der Waals surface area (Å²) in [5.74, 6) is 1.66. The first kappa shape index (κ1) is 16.6. The summed E-state index contributed by atoms with van der Waals surface area (Å²) in [4.78, 5) is 11.4. The molecule has 0 saturated carbocycles. The molecule has 2 aromatic heterocycles. The molecule has 0 spiro atoms. The van der Waals surface area contributed by atoms with Gasteiger partial charge in [0, 0.05) is 44.0 Å². The van der Waals surface area contributed by atoms with Gasteiger partial charge in [0.2, 0.25) is 5.88 Å². The molecule has 1 aliphatic heterocycles. The van der Waals surface area contributed by atoms with Gasteiger partial charge in [0.15, 0.2) is 0 Å². The van der Waals surface area contributed by atoms with Gasteiger partial charge in [-0.05, 0) is 35.9 Å². The summed E-state index contributed by atoms with van der Waals surface area (Å²) in [7, 11) is 0. The van der Waals surface area contributed by atoms with E-state index in [1.165, 1.54) is 11.9 Å². The van der Waals surface area contributed by atoms with E-state index < -0.39 is 0 Å². The monoisotopic (exact) mass is 369 g/mol. The number of hydrogen-bond donors (Lipinski definition) is 0. The SMILES string of the molecule is N#Cc1ccc(OCc2ccc3nc4n(c3c2)CCN(C2=CC=C2)CC4)nc1. The minimum Gasteiger partial charge on any atom is -0.473 e. The van der Waals surface area contributed by atoms with Crippen LogP contribution in [0.2, 0.25) is 0 Å². The highest BCUT2D eigenvalue weighted by atomic mass is 16.5. The van der Waals surface area contributed by atoms with Gasteiger partial charge in [-0.15, -0.1) is 0 Å². The average Bonchev–Trinajstić information content (AvgIpc) is 2.91. The summed E-state index contributed by atoms with van der Waals surface area (Å²) >= 11 is 0. The molecule has 2 aliphatic rings. The topological polar surface area (TPSA) is 67.0 Å². The van der Waals surface area contributed by atoms with Crippen LogP contribution in [-0.4, -0.2) is 32.5 Å². The first-order valence-electron chi connectivity index (χ1n) is 9.40. The van der Waals surface area contributed by atoms with Crippen molar-refractivity contribution < 1.29 is 4.74 Å². The van der Waals surface area contributed by atoms with Crippen molar-refractivity contribution in [1.82, 2.24) is 19.4 Å². The number of fused-ring (bicyclic) bond motifs is 3. The maximum absolute atomic E-state index is 8.85. The van der Waals surface area contributed by atoms with Crippen LogP contribution in [0.5, 0.6) is 5.88 Å². The van der Waals surface area contributed by atoms with Crippen LogP contribution in [-0.2, 0) is 19.6 Å². The van der Waals surface area contributed by atoms with Crippen LogP contribution < -0.4 is 4.74 Å². The van der Waals surface area contributed by atoms with Gasteiger partial charge >= 0.3 is 0 Å². The summed E-state index contributed by atoms with van der Waals surface area (Å²) in [5, 5.41) is 8.85. The Labute approximate surface area is 163 Å². The third-order valence-corrected chi connectivity index (χ3v) is 5.24. The largest absolute Gasteiger partial charge is 0.473 e. The summed E-state index contributed by atoms with van der Waals surface area (Å²) in [6.07, 6.45) is 8.88. The molecular weight excluding hydrogens is 350 g/mol. The van der Waals surface area contributed by atoms with Crippen molar-refractivity contribution in [3.63, 3.8) is 0 Å². The number of pyridine rings is 1. The molecule has 0 radical (unpaired) electrons. The fourth-order valence-corrected chi connectivity index (χ4v) is 3.66. The number of aromatic nitrogens is 3. The van der Waals surface area contributed by atoms with E-state index in [4.69, 9.17) is 15.0 Å². The molecule has 3 aromatic rings. The summed E-state index contributed by atoms with van der Waals surface area (Å²) < 4.78 is 8.12. The minimum atomic E-state index is 0.430. The van der Waals surface area contributed by atoms with Gasteiger partial charge in [-0.25, -0.2) is 9.97 Å². The number of rotatable bonds is 4.